The highest BCUT2D eigenvalue weighted by atomic mass is 16.2. The van der Waals surface area contributed by atoms with E-state index in [4.69, 9.17) is 5.73 Å². The summed E-state index contributed by atoms with van der Waals surface area (Å²) in [6.45, 7) is 4.36. The van der Waals surface area contributed by atoms with E-state index in [0.717, 1.165) is 32.4 Å². The molecule has 1 aliphatic carbocycles. The molecule has 0 aromatic carbocycles. The van der Waals surface area contributed by atoms with Gasteiger partial charge in [0.2, 0.25) is 5.91 Å². The average Bonchev–Trinajstić information content (AvgIpc) is 3.08. The van der Waals surface area contributed by atoms with E-state index < -0.39 is 0 Å². The summed E-state index contributed by atoms with van der Waals surface area (Å²) in [5.74, 6) is 0.441. The summed E-state index contributed by atoms with van der Waals surface area (Å²) in [6, 6.07) is 0.708. The zero-order valence-electron chi connectivity index (χ0n) is 12.6. The predicted octanol–water partition coefficient (Wildman–Crippen LogP) is 1.59. The maximum absolute atomic E-state index is 12.8. The van der Waals surface area contributed by atoms with Gasteiger partial charge in [0, 0.05) is 25.2 Å². The van der Waals surface area contributed by atoms with Gasteiger partial charge in [-0.05, 0) is 45.2 Å². The molecule has 1 saturated carbocycles. The minimum absolute atomic E-state index is 0.0924. The van der Waals surface area contributed by atoms with E-state index in [1.165, 1.54) is 45.2 Å². The molecule has 3 fully saturated rings. The van der Waals surface area contributed by atoms with Gasteiger partial charge in [-0.25, -0.2) is 0 Å². The molecule has 4 heteroatoms. The lowest BCUT2D eigenvalue weighted by Gasteiger charge is -2.28. The molecule has 4 nitrogen and oxygen atoms in total. The Morgan fingerprint density at radius 1 is 0.900 bits per heavy atom. The molecule has 2 saturated heterocycles. The number of amides is 1. The Morgan fingerprint density at radius 2 is 1.65 bits per heavy atom. The van der Waals surface area contributed by atoms with Crippen LogP contribution in [-0.4, -0.2) is 54.0 Å². The van der Waals surface area contributed by atoms with Crippen molar-refractivity contribution in [3.63, 3.8) is 0 Å². The van der Waals surface area contributed by atoms with Crippen molar-refractivity contribution in [2.45, 2.75) is 63.5 Å². The molecule has 114 valence electrons. The van der Waals surface area contributed by atoms with Crippen molar-refractivity contribution in [1.29, 1.82) is 0 Å². The zero-order chi connectivity index (χ0) is 13.9. The third-order valence-electron chi connectivity index (χ3n) is 5.52. The van der Waals surface area contributed by atoms with Crippen LogP contribution in [0.5, 0.6) is 0 Å². The number of nitrogens with zero attached hydrogens (tertiary/aromatic N) is 2. The second-order valence-electron chi connectivity index (χ2n) is 6.88. The van der Waals surface area contributed by atoms with E-state index in [1.807, 2.05) is 0 Å². The number of carbonyl (C=O) groups excluding carboxylic acids is 1. The van der Waals surface area contributed by atoms with Crippen LogP contribution in [0.15, 0.2) is 0 Å². The van der Waals surface area contributed by atoms with Crippen LogP contribution in [0.3, 0.4) is 0 Å². The van der Waals surface area contributed by atoms with Gasteiger partial charge in [0.1, 0.15) is 0 Å². The normalized spacial score (nSPS) is 36.2. The van der Waals surface area contributed by atoms with Crippen LogP contribution in [0, 0.1) is 5.92 Å². The predicted molar refractivity (Wildman–Crippen MR) is 80.3 cm³/mol. The number of hydrogen-bond acceptors (Lipinski definition) is 3. The Hall–Kier alpha value is -0.610. The Kier molecular flexibility index (Phi) is 4.61. The van der Waals surface area contributed by atoms with E-state index in [-0.39, 0.29) is 12.0 Å². The Bertz CT molecular complexity index is 341. The van der Waals surface area contributed by atoms with Gasteiger partial charge in [0.25, 0.3) is 0 Å². The minimum Gasteiger partial charge on any atom is -0.341 e. The summed E-state index contributed by atoms with van der Waals surface area (Å²) < 4.78 is 0. The molecule has 0 aromatic rings. The van der Waals surface area contributed by atoms with Crippen LogP contribution in [-0.2, 0) is 4.79 Å². The molecule has 3 atom stereocenters. The van der Waals surface area contributed by atoms with Crippen molar-refractivity contribution in [1.82, 2.24) is 9.80 Å². The first-order valence-electron chi connectivity index (χ1n) is 8.54. The van der Waals surface area contributed by atoms with Gasteiger partial charge in [-0.3, -0.25) is 9.69 Å². The van der Waals surface area contributed by atoms with Crippen LogP contribution < -0.4 is 5.73 Å². The third-order valence-corrected chi connectivity index (χ3v) is 5.52. The van der Waals surface area contributed by atoms with E-state index in [9.17, 15) is 4.79 Å². The SMILES string of the molecule is NC1CCCCCC1C(=O)N1CCC(N2CCCC2)C1. The van der Waals surface area contributed by atoms with E-state index in [0.29, 0.717) is 11.9 Å². The maximum Gasteiger partial charge on any atom is 0.227 e. The maximum atomic E-state index is 12.8. The van der Waals surface area contributed by atoms with Crippen molar-refractivity contribution >= 4 is 5.91 Å². The van der Waals surface area contributed by atoms with Gasteiger partial charge in [0.15, 0.2) is 0 Å². The molecule has 0 aromatic heterocycles. The molecule has 2 aliphatic heterocycles. The summed E-state index contributed by atoms with van der Waals surface area (Å²) in [4.78, 5) is 17.4. The number of rotatable bonds is 2. The number of hydrogen-bond donors (Lipinski definition) is 1. The van der Waals surface area contributed by atoms with E-state index in [1.54, 1.807) is 0 Å². The van der Waals surface area contributed by atoms with Gasteiger partial charge in [-0.15, -0.1) is 0 Å². The lowest BCUT2D eigenvalue weighted by atomic mass is 9.94. The molecule has 3 aliphatic rings. The van der Waals surface area contributed by atoms with Crippen LogP contribution in [0.4, 0.5) is 0 Å². The smallest absolute Gasteiger partial charge is 0.227 e. The zero-order valence-corrected chi connectivity index (χ0v) is 12.6. The van der Waals surface area contributed by atoms with Crippen molar-refractivity contribution in [3.05, 3.63) is 0 Å². The molecule has 3 rings (SSSR count). The second kappa shape index (κ2) is 6.44. The first-order valence-corrected chi connectivity index (χ1v) is 8.54. The van der Waals surface area contributed by atoms with Crippen LogP contribution >= 0.6 is 0 Å². The third kappa shape index (κ3) is 3.01. The van der Waals surface area contributed by atoms with Crippen molar-refractivity contribution < 1.29 is 4.79 Å². The highest BCUT2D eigenvalue weighted by Gasteiger charge is 2.36. The van der Waals surface area contributed by atoms with Gasteiger partial charge >= 0.3 is 0 Å². The molecule has 2 N–H and O–H groups in total. The summed E-state index contributed by atoms with van der Waals surface area (Å²) >= 11 is 0. The van der Waals surface area contributed by atoms with Gasteiger partial charge in [-0.1, -0.05) is 19.3 Å². The average molecular weight is 279 g/mol. The van der Waals surface area contributed by atoms with Crippen LogP contribution in [0.25, 0.3) is 0 Å². The van der Waals surface area contributed by atoms with Crippen LogP contribution in [0.1, 0.15) is 51.4 Å². The topological polar surface area (TPSA) is 49.6 Å². The van der Waals surface area contributed by atoms with Crippen LogP contribution in [0.2, 0.25) is 0 Å². The van der Waals surface area contributed by atoms with Crippen molar-refractivity contribution in [2.24, 2.45) is 11.7 Å². The molecular formula is C16H29N3O. The van der Waals surface area contributed by atoms with Crippen molar-refractivity contribution in [2.75, 3.05) is 26.2 Å². The van der Waals surface area contributed by atoms with Gasteiger partial charge in [0.05, 0.1) is 5.92 Å². The fourth-order valence-electron chi connectivity index (χ4n) is 4.22. The summed E-state index contributed by atoms with van der Waals surface area (Å²) in [5, 5.41) is 0. The first kappa shape index (κ1) is 14.3. The summed E-state index contributed by atoms with van der Waals surface area (Å²) in [7, 11) is 0. The number of nitrogens with two attached hydrogens (primary N) is 1. The highest BCUT2D eigenvalue weighted by Crippen LogP contribution is 2.27. The molecule has 0 bridgehead atoms. The lowest BCUT2D eigenvalue weighted by molar-refractivity contribution is -0.135. The van der Waals surface area contributed by atoms with E-state index in [2.05, 4.69) is 9.80 Å². The molecule has 2 heterocycles. The van der Waals surface area contributed by atoms with Gasteiger partial charge < -0.3 is 10.6 Å². The standard InChI is InChI=1S/C16H29N3O/c17-15-7-3-1-2-6-14(15)16(20)19-11-8-13(12-19)18-9-4-5-10-18/h13-15H,1-12,17H2. The molecular weight excluding hydrogens is 250 g/mol. The monoisotopic (exact) mass is 279 g/mol. The Morgan fingerprint density at radius 3 is 2.45 bits per heavy atom. The largest absolute Gasteiger partial charge is 0.341 e. The van der Waals surface area contributed by atoms with E-state index >= 15 is 0 Å². The first-order chi connectivity index (χ1) is 9.75. The number of carbonyl (C=O) groups is 1. The molecule has 20 heavy (non-hydrogen) atoms. The lowest BCUT2D eigenvalue weighted by Crippen LogP contribution is -2.44. The Labute approximate surface area is 122 Å². The summed E-state index contributed by atoms with van der Waals surface area (Å²) in [5.41, 5.74) is 6.25. The van der Waals surface area contributed by atoms with Gasteiger partial charge in [-0.2, -0.15) is 0 Å². The molecule has 0 radical (unpaired) electrons. The highest BCUT2D eigenvalue weighted by molar-refractivity contribution is 5.80. The quantitative estimate of drug-likeness (QED) is 0.781. The fraction of sp³-hybridized carbons (Fsp3) is 0.938. The minimum atomic E-state index is 0.0924. The number of likely N-dealkylation sites (tertiary alicyclic amines) is 2. The fourth-order valence-corrected chi connectivity index (χ4v) is 4.22. The second-order valence-corrected chi connectivity index (χ2v) is 6.88. The summed E-state index contributed by atoms with van der Waals surface area (Å²) in [6.07, 6.45) is 9.47. The molecule has 1 amide bonds. The Balaban J connectivity index is 1.57. The molecule has 3 unspecified atom stereocenters. The molecule has 0 spiro atoms. The van der Waals surface area contributed by atoms with Crippen molar-refractivity contribution in [3.8, 4) is 0 Å².